The van der Waals surface area contributed by atoms with Crippen LogP contribution in [0.5, 0.6) is 5.75 Å². The van der Waals surface area contributed by atoms with E-state index in [1.807, 2.05) is 11.0 Å². The van der Waals surface area contributed by atoms with Crippen LogP contribution in [0.1, 0.15) is 5.56 Å². The van der Waals surface area contributed by atoms with E-state index in [0.29, 0.717) is 11.1 Å². The van der Waals surface area contributed by atoms with E-state index in [9.17, 15) is 9.90 Å². The summed E-state index contributed by atoms with van der Waals surface area (Å²) in [6.07, 6.45) is 0. The van der Waals surface area contributed by atoms with Gasteiger partial charge in [-0.2, -0.15) is 0 Å². The lowest BCUT2D eigenvalue weighted by atomic mass is 10.2. The van der Waals surface area contributed by atoms with Crippen LogP contribution in [0.3, 0.4) is 0 Å². The van der Waals surface area contributed by atoms with Gasteiger partial charge >= 0.3 is 0 Å². The summed E-state index contributed by atoms with van der Waals surface area (Å²) < 4.78 is 5.61. The molecule has 8 heteroatoms. The smallest absolute Gasteiger partial charge is 0.277 e. The second-order valence-electron chi connectivity index (χ2n) is 6.85. The minimum atomic E-state index is 0.0822. The van der Waals surface area contributed by atoms with Gasteiger partial charge in [0.1, 0.15) is 5.75 Å². The Labute approximate surface area is 173 Å². The monoisotopic (exact) mass is 410 g/mol. The maximum absolute atomic E-state index is 12.5. The first-order chi connectivity index (χ1) is 14.2. The van der Waals surface area contributed by atoms with E-state index in [2.05, 4.69) is 39.4 Å². The molecule has 1 fully saturated rings. The van der Waals surface area contributed by atoms with Crippen LogP contribution in [0, 0.1) is 0 Å². The van der Waals surface area contributed by atoms with E-state index in [-0.39, 0.29) is 17.4 Å². The number of phenolic OH excluding ortho intramolecular Hbond substituents is 1. The van der Waals surface area contributed by atoms with Crippen molar-refractivity contribution in [2.75, 3.05) is 31.9 Å². The number of rotatable bonds is 6. The second-order valence-corrected chi connectivity index (χ2v) is 7.78. The number of hydrogen-bond acceptors (Lipinski definition) is 7. The number of benzene rings is 2. The van der Waals surface area contributed by atoms with Crippen molar-refractivity contribution >= 4 is 17.7 Å². The molecule has 0 unspecified atom stereocenters. The van der Waals surface area contributed by atoms with Gasteiger partial charge in [-0.15, -0.1) is 10.2 Å². The van der Waals surface area contributed by atoms with Crippen molar-refractivity contribution in [3.05, 3.63) is 60.2 Å². The zero-order valence-electron chi connectivity index (χ0n) is 15.9. The molecule has 1 aliphatic rings. The van der Waals surface area contributed by atoms with Crippen LogP contribution < -0.4 is 0 Å². The van der Waals surface area contributed by atoms with Crippen molar-refractivity contribution in [3.8, 4) is 17.2 Å². The van der Waals surface area contributed by atoms with Crippen LogP contribution in [0.2, 0.25) is 0 Å². The molecular formula is C21H22N4O3S. The van der Waals surface area contributed by atoms with Gasteiger partial charge in [0, 0.05) is 38.3 Å². The van der Waals surface area contributed by atoms with Gasteiger partial charge in [0.25, 0.3) is 5.22 Å². The van der Waals surface area contributed by atoms with Gasteiger partial charge in [-0.25, -0.2) is 0 Å². The van der Waals surface area contributed by atoms with Gasteiger partial charge in [-0.1, -0.05) is 42.1 Å². The lowest BCUT2D eigenvalue weighted by molar-refractivity contribution is -0.130. The van der Waals surface area contributed by atoms with Crippen LogP contribution in [0.15, 0.2) is 64.2 Å². The predicted octanol–water partition coefficient (Wildman–Crippen LogP) is 2.88. The SMILES string of the molecule is O=C(CSc1nnc(-c2ccc(O)cc2)o1)N1CCN(Cc2ccccc2)CC1. The first-order valence-electron chi connectivity index (χ1n) is 9.47. The molecule has 0 saturated carbocycles. The number of amides is 1. The third kappa shape index (κ3) is 5.16. The van der Waals surface area contributed by atoms with E-state index in [4.69, 9.17) is 4.42 Å². The maximum atomic E-state index is 12.5. The number of hydrogen-bond donors (Lipinski definition) is 1. The first-order valence-corrected chi connectivity index (χ1v) is 10.5. The van der Waals surface area contributed by atoms with Crippen molar-refractivity contribution in [2.24, 2.45) is 0 Å². The minimum Gasteiger partial charge on any atom is -0.508 e. The molecule has 2 heterocycles. The van der Waals surface area contributed by atoms with Crippen molar-refractivity contribution in [1.82, 2.24) is 20.0 Å². The van der Waals surface area contributed by atoms with Gasteiger partial charge in [0.2, 0.25) is 11.8 Å². The summed E-state index contributed by atoms with van der Waals surface area (Å²) in [7, 11) is 0. The molecule has 1 aromatic heterocycles. The average Bonchev–Trinajstić information content (AvgIpc) is 3.23. The summed E-state index contributed by atoms with van der Waals surface area (Å²) in [6.45, 7) is 4.12. The molecule has 0 bridgehead atoms. The Kier molecular flexibility index (Phi) is 6.12. The zero-order valence-corrected chi connectivity index (χ0v) is 16.7. The number of nitrogens with zero attached hydrogens (tertiary/aromatic N) is 4. The van der Waals surface area contributed by atoms with Crippen LogP contribution in [-0.4, -0.2) is 62.9 Å². The molecule has 1 amide bonds. The number of carbonyl (C=O) groups is 1. The molecule has 0 atom stereocenters. The third-order valence-corrected chi connectivity index (χ3v) is 5.62. The Morgan fingerprint density at radius 3 is 2.45 bits per heavy atom. The molecule has 0 radical (unpaired) electrons. The summed E-state index contributed by atoms with van der Waals surface area (Å²) >= 11 is 1.25. The zero-order chi connectivity index (χ0) is 20.1. The maximum Gasteiger partial charge on any atom is 0.277 e. The summed E-state index contributed by atoms with van der Waals surface area (Å²) in [5.74, 6) is 0.904. The van der Waals surface area contributed by atoms with E-state index in [0.717, 1.165) is 38.3 Å². The summed E-state index contributed by atoms with van der Waals surface area (Å²) in [6, 6.07) is 16.9. The molecule has 2 aromatic carbocycles. The van der Waals surface area contributed by atoms with E-state index >= 15 is 0 Å². The van der Waals surface area contributed by atoms with Crippen LogP contribution in [0.25, 0.3) is 11.5 Å². The Balaban J connectivity index is 1.24. The molecule has 7 nitrogen and oxygen atoms in total. The average molecular weight is 410 g/mol. The fourth-order valence-corrected chi connectivity index (χ4v) is 3.87. The standard InChI is InChI=1S/C21H22N4O3S/c26-18-8-6-17(7-9-18)20-22-23-21(28-20)29-15-19(27)25-12-10-24(11-13-25)14-16-4-2-1-3-5-16/h1-9,26H,10-15H2. The van der Waals surface area contributed by atoms with Crippen molar-refractivity contribution in [3.63, 3.8) is 0 Å². The van der Waals surface area contributed by atoms with E-state index in [1.165, 1.54) is 17.3 Å². The molecule has 0 spiro atoms. The molecule has 0 aliphatic carbocycles. The third-order valence-electron chi connectivity index (χ3n) is 4.81. The van der Waals surface area contributed by atoms with Crippen LogP contribution >= 0.6 is 11.8 Å². The quantitative estimate of drug-likeness (QED) is 0.626. The summed E-state index contributed by atoms with van der Waals surface area (Å²) in [4.78, 5) is 16.8. The molecular weight excluding hydrogens is 388 g/mol. The highest BCUT2D eigenvalue weighted by Crippen LogP contribution is 2.24. The molecule has 1 aliphatic heterocycles. The second kappa shape index (κ2) is 9.11. The van der Waals surface area contributed by atoms with Crippen molar-refractivity contribution in [1.29, 1.82) is 0 Å². The largest absolute Gasteiger partial charge is 0.508 e. The van der Waals surface area contributed by atoms with E-state index in [1.54, 1.807) is 24.3 Å². The number of aromatic hydroxyl groups is 1. The molecule has 4 rings (SSSR count). The molecule has 150 valence electrons. The highest BCUT2D eigenvalue weighted by molar-refractivity contribution is 7.99. The number of piperazine rings is 1. The van der Waals surface area contributed by atoms with Crippen LogP contribution in [0.4, 0.5) is 0 Å². The Hall–Kier alpha value is -2.84. The lowest BCUT2D eigenvalue weighted by Gasteiger charge is -2.34. The Morgan fingerprint density at radius 2 is 1.72 bits per heavy atom. The lowest BCUT2D eigenvalue weighted by Crippen LogP contribution is -2.48. The summed E-state index contributed by atoms with van der Waals surface area (Å²) in [5.41, 5.74) is 2.02. The number of carbonyl (C=O) groups excluding carboxylic acids is 1. The minimum absolute atomic E-state index is 0.0822. The van der Waals surface area contributed by atoms with Gasteiger partial charge in [-0.3, -0.25) is 9.69 Å². The van der Waals surface area contributed by atoms with Gasteiger partial charge in [0.15, 0.2) is 0 Å². The number of thioether (sulfide) groups is 1. The van der Waals surface area contributed by atoms with Crippen molar-refractivity contribution in [2.45, 2.75) is 11.8 Å². The normalized spacial score (nSPS) is 14.8. The van der Waals surface area contributed by atoms with Gasteiger partial charge in [0.05, 0.1) is 5.75 Å². The highest BCUT2D eigenvalue weighted by Gasteiger charge is 2.22. The highest BCUT2D eigenvalue weighted by atomic mass is 32.2. The first kappa shape index (κ1) is 19.5. The summed E-state index contributed by atoms with van der Waals surface area (Å²) in [5, 5.41) is 17.7. The fourth-order valence-electron chi connectivity index (χ4n) is 3.20. The predicted molar refractivity (Wildman–Crippen MR) is 110 cm³/mol. The molecule has 29 heavy (non-hydrogen) atoms. The molecule has 3 aromatic rings. The Bertz CT molecular complexity index is 938. The van der Waals surface area contributed by atoms with Gasteiger partial charge in [-0.05, 0) is 29.8 Å². The van der Waals surface area contributed by atoms with Crippen molar-refractivity contribution < 1.29 is 14.3 Å². The van der Waals surface area contributed by atoms with Crippen LogP contribution in [-0.2, 0) is 11.3 Å². The number of aromatic nitrogens is 2. The van der Waals surface area contributed by atoms with E-state index < -0.39 is 0 Å². The number of phenols is 1. The van der Waals surface area contributed by atoms with Gasteiger partial charge < -0.3 is 14.4 Å². The topological polar surface area (TPSA) is 82.7 Å². The molecule has 1 N–H and O–H groups in total. The fraction of sp³-hybridized carbons (Fsp3) is 0.286. The molecule has 1 saturated heterocycles. The Morgan fingerprint density at radius 1 is 1.00 bits per heavy atom.